The second-order valence-corrected chi connectivity index (χ2v) is 5.88. The van der Waals surface area contributed by atoms with E-state index in [1.807, 2.05) is 25.1 Å². The Balaban J connectivity index is 2.09. The van der Waals surface area contributed by atoms with Gasteiger partial charge < -0.3 is 10.7 Å². The van der Waals surface area contributed by atoms with E-state index < -0.39 is 0 Å². The van der Waals surface area contributed by atoms with E-state index in [9.17, 15) is 4.79 Å². The number of nitrogen functional groups attached to an aromatic ring is 1. The van der Waals surface area contributed by atoms with Crippen molar-refractivity contribution in [1.29, 1.82) is 0 Å². The van der Waals surface area contributed by atoms with Crippen molar-refractivity contribution in [2.75, 3.05) is 5.43 Å². The van der Waals surface area contributed by atoms with Crippen LogP contribution in [0.15, 0.2) is 18.2 Å². The molecule has 4 nitrogen and oxygen atoms in total. The zero-order valence-corrected chi connectivity index (χ0v) is 12.6. The number of hydrogen-bond acceptors (Lipinski definition) is 3. The number of nitrogens with one attached hydrogen (secondary N) is 2. The van der Waals surface area contributed by atoms with Crippen LogP contribution in [0, 0.1) is 18.8 Å². The zero-order chi connectivity index (χ0) is 14.7. The zero-order valence-electron chi connectivity index (χ0n) is 12.6. The van der Waals surface area contributed by atoms with E-state index in [0.717, 1.165) is 17.9 Å². The predicted octanol–water partition coefficient (Wildman–Crippen LogP) is 2.84. The molecule has 0 spiro atoms. The average molecular weight is 275 g/mol. The minimum absolute atomic E-state index is 0.0356. The lowest BCUT2D eigenvalue weighted by Crippen LogP contribution is -2.38. The number of aryl methyl sites for hydroxylation is 1. The maximum absolute atomic E-state index is 12.4. The number of carbonyl (C=O) groups excluding carboxylic acids is 1. The molecule has 4 heteroatoms. The molecule has 1 aliphatic carbocycles. The van der Waals surface area contributed by atoms with Crippen molar-refractivity contribution < 1.29 is 4.79 Å². The van der Waals surface area contributed by atoms with E-state index in [-0.39, 0.29) is 11.9 Å². The van der Waals surface area contributed by atoms with E-state index in [1.54, 1.807) is 0 Å². The SMILES string of the molecule is CCC1CCC(NC(=O)c2ccc(C)cc2NN)C1C. The number of amides is 1. The molecule has 3 unspecified atom stereocenters. The molecule has 20 heavy (non-hydrogen) atoms. The van der Waals surface area contributed by atoms with Crippen molar-refractivity contribution in [3.05, 3.63) is 29.3 Å². The highest BCUT2D eigenvalue weighted by molar-refractivity contribution is 5.99. The molecule has 1 aliphatic rings. The monoisotopic (exact) mass is 275 g/mol. The molecule has 0 bridgehead atoms. The van der Waals surface area contributed by atoms with Crippen LogP contribution in [-0.4, -0.2) is 11.9 Å². The van der Waals surface area contributed by atoms with Crippen molar-refractivity contribution in [2.24, 2.45) is 17.7 Å². The summed E-state index contributed by atoms with van der Waals surface area (Å²) in [6.07, 6.45) is 3.47. The molecular formula is C16H25N3O. The van der Waals surface area contributed by atoms with Crippen molar-refractivity contribution in [1.82, 2.24) is 5.32 Å². The van der Waals surface area contributed by atoms with Crippen molar-refractivity contribution in [3.8, 4) is 0 Å². The highest BCUT2D eigenvalue weighted by Crippen LogP contribution is 2.34. The normalized spacial score (nSPS) is 25.5. The Bertz CT molecular complexity index is 487. The van der Waals surface area contributed by atoms with Gasteiger partial charge in [0.2, 0.25) is 0 Å². The number of benzene rings is 1. The highest BCUT2D eigenvalue weighted by atomic mass is 16.1. The third-order valence-corrected chi connectivity index (χ3v) is 4.64. The van der Waals surface area contributed by atoms with E-state index >= 15 is 0 Å². The van der Waals surface area contributed by atoms with E-state index in [0.29, 0.717) is 17.2 Å². The van der Waals surface area contributed by atoms with Crippen LogP contribution in [0.3, 0.4) is 0 Å². The van der Waals surface area contributed by atoms with Gasteiger partial charge in [-0.1, -0.05) is 26.3 Å². The first-order valence-electron chi connectivity index (χ1n) is 7.45. The summed E-state index contributed by atoms with van der Waals surface area (Å²) in [5, 5.41) is 3.17. The van der Waals surface area contributed by atoms with Gasteiger partial charge in [0.15, 0.2) is 0 Å². The van der Waals surface area contributed by atoms with Gasteiger partial charge in [0.1, 0.15) is 0 Å². The molecular weight excluding hydrogens is 250 g/mol. The molecule has 0 radical (unpaired) electrons. The number of carbonyl (C=O) groups is 1. The molecule has 4 N–H and O–H groups in total. The van der Waals surface area contributed by atoms with E-state index in [2.05, 4.69) is 24.6 Å². The van der Waals surface area contributed by atoms with Crippen LogP contribution in [0.5, 0.6) is 0 Å². The quantitative estimate of drug-likeness (QED) is 0.584. The Kier molecular flexibility index (Phi) is 4.65. The Morgan fingerprint density at radius 3 is 2.75 bits per heavy atom. The molecule has 0 aromatic heterocycles. The number of anilines is 1. The smallest absolute Gasteiger partial charge is 0.253 e. The highest BCUT2D eigenvalue weighted by Gasteiger charge is 2.32. The molecule has 1 amide bonds. The Morgan fingerprint density at radius 1 is 1.40 bits per heavy atom. The van der Waals surface area contributed by atoms with Gasteiger partial charge in [-0.2, -0.15) is 0 Å². The third-order valence-electron chi connectivity index (χ3n) is 4.64. The third kappa shape index (κ3) is 2.96. The van der Waals surface area contributed by atoms with Gasteiger partial charge in [-0.3, -0.25) is 10.6 Å². The number of rotatable bonds is 4. The van der Waals surface area contributed by atoms with Gasteiger partial charge in [-0.15, -0.1) is 0 Å². The first-order chi connectivity index (χ1) is 9.56. The summed E-state index contributed by atoms with van der Waals surface area (Å²) >= 11 is 0. The van der Waals surface area contributed by atoms with Crippen LogP contribution in [0.2, 0.25) is 0 Å². The second kappa shape index (κ2) is 6.27. The van der Waals surface area contributed by atoms with Crippen LogP contribution >= 0.6 is 0 Å². The van der Waals surface area contributed by atoms with Gasteiger partial charge in [0, 0.05) is 6.04 Å². The topological polar surface area (TPSA) is 67.2 Å². The van der Waals surface area contributed by atoms with Gasteiger partial charge in [-0.25, -0.2) is 0 Å². The van der Waals surface area contributed by atoms with Crippen LogP contribution in [-0.2, 0) is 0 Å². The fourth-order valence-electron chi connectivity index (χ4n) is 3.25. The number of hydrazine groups is 1. The van der Waals surface area contributed by atoms with Gasteiger partial charge >= 0.3 is 0 Å². The molecule has 0 heterocycles. The van der Waals surface area contributed by atoms with Crippen molar-refractivity contribution >= 4 is 11.6 Å². The Hall–Kier alpha value is -1.55. The van der Waals surface area contributed by atoms with Crippen LogP contribution in [0.1, 0.15) is 49.0 Å². The lowest BCUT2D eigenvalue weighted by Gasteiger charge is -2.21. The average Bonchev–Trinajstić information content (AvgIpc) is 2.79. The van der Waals surface area contributed by atoms with Crippen LogP contribution in [0.25, 0.3) is 0 Å². The molecule has 1 aromatic carbocycles. The summed E-state index contributed by atoms with van der Waals surface area (Å²) < 4.78 is 0. The number of hydrogen-bond donors (Lipinski definition) is 3. The minimum atomic E-state index is -0.0356. The predicted molar refractivity (Wildman–Crippen MR) is 82.4 cm³/mol. The first kappa shape index (κ1) is 14.9. The van der Waals surface area contributed by atoms with Gasteiger partial charge in [0.25, 0.3) is 5.91 Å². The molecule has 0 aliphatic heterocycles. The van der Waals surface area contributed by atoms with Crippen molar-refractivity contribution in [2.45, 2.75) is 46.1 Å². The Morgan fingerprint density at radius 2 is 2.15 bits per heavy atom. The lowest BCUT2D eigenvalue weighted by molar-refractivity contribution is 0.0927. The molecule has 3 atom stereocenters. The summed E-state index contributed by atoms with van der Waals surface area (Å²) in [6, 6.07) is 5.93. The van der Waals surface area contributed by atoms with Crippen molar-refractivity contribution in [3.63, 3.8) is 0 Å². The van der Waals surface area contributed by atoms with Crippen LogP contribution in [0.4, 0.5) is 5.69 Å². The lowest BCUT2D eigenvalue weighted by atomic mass is 9.93. The van der Waals surface area contributed by atoms with Crippen LogP contribution < -0.4 is 16.6 Å². The molecule has 2 rings (SSSR count). The fourth-order valence-corrected chi connectivity index (χ4v) is 3.25. The van der Waals surface area contributed by atoms with Gasteiger partial charge in [-0.05, 0) is 49.3 Å². The summed E-state index contributed by atoms with van der Waals surface area (Å²) in [4.78, 5) is 12.4. The number of nitrogens with two attached hydrogens (primary N) is 1. The summed E-state index contributed by atoms with van der Waals surface area (Å²) in [6.45, 7) is 6.44. The summed E-state index contributed by atoms with van der Waals surface area (Å²) in [7, 11) is 0. The van der Waals surface area contributed by atoms with E-state index in [4.69, 9.17) is 5.84 Å². The Labute approximate surface area is 121 Å². The molecule has 1 aromatic rings. The summed E-state index contributed by atoms with van der Waals surface area (Å²) in [5.41, 5.74) is 4.99. The molecule has 110 valence electrons. The maximum Gasteiger partial charge on any atom is 0.253 e. The maximum atomic E-state index is 12.4. The second-order valence-electron chi connectivity index (χ2n) is 5.88. The molecule has 1 saturated carbocycles. The van der Waals surface area contributed by atoms with Gasteiger partial charge in [0.05, 0.1) is 11.3 Å². The largest absolute Gasteiger partial charge is 0.349 e. The minimum Gasteiger partial charge on any atom is -0.349 e. The molecule has 1 fully saturated rings. The summed E-state index contributed by atoms with van der Waals surface area (Å²) in [5.74, 6) is 6.74. The molecule has 0 saturated heterocycles. The standard InChI is InChI=1S/C16H25N3O/c1-4-12-6-8-14(11(12)3)18-16(20)13-7-5-10(2)9-15(13)19-17/h5,7,9,11-12,14,19H,4,6,8,17H2,1-3H3,(H,18,20). The van der Waals surface area contributed by atoms with E-state index in [1.165, 1.54) is 12.8 Å². The first-order valence-corrected chi connectivity index (χ1v) is 7.45. The fraction of sp³-hybridized carbons (Fsp3) is 0.562.